The molecular formula is C23H21ClN4O4S3. The Hall–Kier alpha value is -2.47. The predicted molar refractivity (Wildman–Crippen MR) is 137 cm³/mol. The average Bonchev–Trinajstić information content (AvgIpc) is 3.61. The number of halogens is 1. The third kappa shape index (κ3) is 5.53. The summed E-state index contributed by atoms with van der Waals surface area (Å²) in [4.78, 5) is 35.8. The third-order valence-corrected chi connectivity index (χ3v) is 9.02. The molecule has 1 aliphatic rings. The van der Waals surface area contributed by atoms with Gasteiger partial charge in [-0.05, 0) is 38.0 Å². The van der Waals surface area contributed by atoms with E-state index in [0.717, 1.165) is 32.4 Å². The van der Waals surface area contributed by atoms with Crippen molar-refractivity contribution in [2.75, 3.05) is 25.4 Å². The zero-order chi connectivity index (χ0) is 24.4. The summed E-state index contributed by atoms with van der Waals surface area (Å²) in [7, 11) is 0. The quantitative estimate of drug-likeness (QED) is 0.213. The number of hydrogen-bond donors (Lipinski definition) is 0. The lowest BCUT2D eigenvalue weighted by Gasteiger charge is -2.31. The molecule has 4 aromatic rings. The first kappa shape index (κ1) is 24.2. The Labute approximate surface area is 218 Å². The van der Waals surface area contributed by atoms with Crippen LogP contribution in [0.15, 0.2) is 38.5 Å². The lowest BCUT2D eigenvalue weighted by atomic mass is 9.97. The zero-order valence-corrected chi connectivity index (χ0v) is 21.9. The minimum absolute atomic E-state index is 0.124. The van der Waals surface area contributed by atoms with Crippen molar-refractivity contribution < 1.29 is 18.8 Å². The summed E-state index contributed by atoms with van der Waals surface area (Å²) in [5.41, 5.74) is 1.65. The number of fused-ring (bicyclic) bond motifs is 1. The number of amides is 1. The predicted octanol–water partition coefficient (Wildman–Crippen LogP) is 5.74. The Balaban J connectivity index is 1.13. The van der Waals surface area contributed by atoms with E-state index in [-0.39, 0.29) is 24.1 Å². The molecule has 0 unspecified atom stereocenters. The maximum atomic E-state index is 12.8. The number of carbonyl (C=O) groups is 2. The molecule has 1 saturated heterocycles. The van der Waals surface area contributed by atoms with E-state index in [1.54, 1.807) is 35.7 Å². The van der Waals surface area contributed by atoms with Gasteiger partial charge in [0.2, 0.25) is 5.91 Å². The average molecular weight is 549 g/mol. The fourth-order valence-electron chi connectivity index (χ4n) is 3.82. The molecule has 1 amide bonds. The maximum Gasteiger partial charge on any atom is 0.360 e. The first-order chi connectivity index (χ1) is 17.0. The monoisotopic (exact) mass is 548 g/mol. The summed E-state index contributed by atoms with van der Waals surface area (Å²) >= 11 is 10.6. The maximum absolute atomic E-state index is 12.8. The van der Waals surface area contributed by atoms with Gasteiger partial charge in [0, 0.05) is 35.5 Å². The molecule has 0 bridgehead atoms. The number of esters is 1. The molecule has 1 fully saturated rings. The molecule has 0 atom stereocenters. The topological polar surface area (TPSA) is 98.4 Å². The first-order valence-corrected chi connectivity index (χ1v) is 14.1. The second kappa shape index (κ2) is 10.7. The lowest BCUT2D eigenvalue weighted by molar-refractivity contribution is -0.129. The van der Waals surface area contributed by atoms with E-state index >= 15 is 0 Å². The molecule has 0 radical (unpaired) electrons. The van der Waals surface area contributed by atoms with E-state index in [1.165, 1.54) is 11.8 Å². The van der Waals surface area contributed by atoms with Gasteiger partial charge in [-0.2, -0.15) is 0 Å². The second-order valence-electron chi connectivity index (χ2n) is 7.90. The molecule has 8 nitrogen and oxygen atoms in total. The van der Waals surface area contributed by atoms with Gasteiger partial charge >= 0.3 is 5.97 Å². The van der Waals surface area contributed by atoms with Crippen LogP contribution in [0.1, 0.15) is 41.2 Å². The zero-order valence-electron chi connectivity index (χ0n) is 18.7. The van der Waals surface area contributed by atoms with Gasteiger partial charge < -0.3 is 14.2 Å². The van der Waals surface area contributed by atoms with Crippen LogP contribution in [0.2, 0.25) is 5.02 Å². The van der Waals surface area contributed by atoms with E-state index in [4.69, 9.17) is 25.8 Å². The van der Waals surface area contributed by atoms with Crippen LogP contribution in [-0.2, 0) is 9.53 Å². The van der Waals surface area contributed by atoms with Crippen LogP contribution in [0.5, 0.6) is 0 Å². The van der Waals surface area contributed by atoms with E-state index < -0.39 is 5.97 Å². The Kier molecular flexibility index (Phi) is 7.37. The number of nitrogens with zero attached hydrogens (tertiary/aromatic N) is 4. The molecule has 0 N–H and O–H groups in total. The highest BCUT2D eigenvalue weighted by atomic mass is 35.5. The van der Waals surface area contributed by atoms with Gasteiger partial charge in [-0.1, -0.05) is 28.5 Å². The molecule has 3 aromatic heterocycles. The van der Waals surface area contributed by atoms with Crippen LogP contribution in [0.4, 0.5) is 0 Å². The van der Waals surface area contributed by atoms with Crippen molar-refractivity contribution in [2.24, 2.45) is 0 Å². The molecule has 4 heterocycles. The molecule has 35 heavy (non-hydrogen) atoms. The molecule has 1 aliphatic heterocycles. The van der Waals surface area contributed by atoms with Gasteiger partial charge in [0.25, 0.3) is 0 Å². The molecule has 0 aliphatic carbocycles. The third-order valence-electron chi connectivity index (χ3n) is 5.62. The van der Waals surface area contributed by atoms with Crippen LogP contribution in [0, 0.1) is 0 Å². The van der Waals surface area contributed by atoms with Crippen molar-refractivity contribution in [2.45, 2.75) is 30.0 Å². The van der Waals surface area contributed by atoms with Crippen molar-refractivity contribution in [3.05, 3.63) is 45.4 Å². The van der Waals surface area contributed by atoms with E-state index in [0.29, 0.717) is 35.3 Å². The summed E-state index contributed by atoms with van der Waals surface area (Å²) in [6.45, 7) is 3.41. The highest BCUT2D eigenvalue weighted by Crippen LogP contribution is 2.34. The minimum atomic E-state index is -0.513. The number of piperidine rings is 1. The summed E-state index contributed by atoms with van der Waals surface area (Å²) in [5.74, 6) is 0.706. The van der Waals surface area contributed by atoms with Gasteiger partial charge in [0.1, 0.15) is 5.69 Å². The van der Waals surface area contributed by atoms with E-state index in [2.05, 4.69) is 10.1 Å². The van der Waals surface area contributed by atoms with Crippen molar-refractivity contribution in [1.29, 1.82) is 0 Å². The molecule has 0 spiro atoms. The molecule has 12 heteroatoms. The number of benzene rings is 1. The Bertz CT molecular complexity index is 1360. The summed E-state index contributed by atoms with van der Waals surface area (Å²) in [6, 6.07) is 7.20. The molecule has 182 valence electrons. The van der Waals surface area contributed by atoms with Crippen molar-refractivity contribution in [3.63, 3.8) is 0 Å². The van der Waals surface area contributed by atoms with E-state index in [9.17, 15) is 9.59 Å². The first-order valence-electron chi connectivity index (χ1n) is 11.1. The minimum Gasteiger partial charge on any atom is -0.461 e. The Morgan fingerprint density at radius 3 is 2.89 bits per heavy atom. The van der Waals surface area contributed by atoms with Crippen LogP contribution < -0.4 is 0 Å². The number of thiazole rings is 2. The van der Waals surface area contributed by atoms with E-state index in [1.807, 2.05) is 28.5 Å². The number of thioether (sulfide) groups is 1. The van der Waals surface area contributed by atoms with Crippen molar-refractivity contribution in [1.82, 2.24) is 20.0 Å². The largest absolute Gasteiger partial charge is 0.461 e. The Morgan fingerprint density at radius 1 is 1.26 bits per heavy atom. The van der Waals surface area contributed by atoms with Crippen LogP contribution >= 0.6 is 46.0 Å². The summed E-state index contributed by atoms with van der Waals surface area (Å²) < 4.78 is 12.2. The van der Waals surface area contributed by atoms with Gasteiger partial charge in [-0.15, -0.1) is 22.7 Å². The fraction of sp³-hybridized carbons (Fsp3) is 0.348. The van der Waals surface area contributed by atoms with Crippen LogP contribution in [0.25, 0.3) is 21.7 Å². The van der Waals surface area contributed by atoms with Crippen molar-refractivity contribution >= 4 is 68.1 Å². The van der Waals surface area contributed by atoms with Gasteiger partial charge in [0.15, 0.2) is 15.8 Å². The van der Waals surface area contributed by atoms with Gasteiger partial charge in [-0.3, -0.25) is 4.79 Å². The smallest absolute Gasteiger partial charge is 0.360 e. The van der Waals surface area contributed by atoms with Crippen LogP contribution in [0.3, 0.4) is 0 Å². The second-order valence-corrected chi connectivity index (χ2v) is 11.5. The number of aromatic nitrogens is 3. The number of rotatable bonds is 7. The highest BCUT2D eigenvalue weighted by molar-refractivity contribution is 8.01. The standard InChI is InChI=1S/C23H21ClN4O4S3/c1-2-31-22(30)16-10-18(32-27-16)17-11-33-21(25-17)13-5-7-28(8-6-13)20(29)12-34-23-26-15-9-14(24)3-4-19(15)35-23/h3-4,9-11,13H,2,5-8,12H2,1H3. The number of likely N-dealkylation sites (tertiary alicyclic amines) is 1. The highest BCUT2D eigenvalue weighted by Gasteiger charge is 2.26. The Morgan fingerprint density at radius 2 is 2.09 bits per heavy atom. The number of carbonyl (C=O) groups excluding carboxylic acids is 2. The molecule has 5 rings (SSSR count). The van der Waals surface area contributed by atoms with Gasteiger partial charge in [0.05, 0.1) is 27.6 Å². The summed E-state index contributed by atoms with van der Waals surface area (Å²) in [6.07, 6.45) is 1.71. The fourth-order valence-corrected chi connectivity index (χ4v) is 6.92. The van der Waals surface area contributed by atoms with Crippen molar-refractivity contribution in [3.8, 4) is 11.5 Å². The summed E-state index contributed by atoms with van der Waals surface area (Å²) in [5, 5.41) is 7.35. The van der Waals surface area contributed by atoms with Gasteiger partial charge in [-0.25, -0.2) is 14.8 Å². The SMILES string of the molecule is CCOC(=O)c1cc(-c2csc(C3CCN(C(=O)CSc4nc5cc(Cl)ccc5s4)CC3)n2)on1. The molecule has 1 aromatic carbocycles. The lowest BCUT2D eigenvalue weighted by Crippen LogP contribution is -2.38. The molecule has 0 saturated carbocycles. The normalized spacial score (nSPS) is 14.5. The molecular weight excluding hydrogens is 528 g/mol. The van der Waals surface area contributed by atoms with Crippen LogP contribution in [-0.4, -0.2) is 57.4 Å². The number of ether oxygens (including phenoxy) is 1. The number of hydrogen-bond acceptors (Lipinski definition) is 10.